The van der Waals surface area contributed by atoms with E-state index >= 15 is 0 Å². The van der Waals surface area contributed by atoms with E-state index in [1.54, 1.807) is 11.9 Å². The minimum Gasteiger partial charge on any atom is -0.344 e. The molecular weight excluding hydrogens is 204 g/mol. The summed E-state index contributed by atoms with van der Waals surface area (Å²) in [5.74, 6) is 0.254. The van der Waals surface area contributed by atoms with E-state index in [1.807, 2.05) is 6.92 Å². The quantitative estimate of drug-likeness (QED) is 0.782. The van der Waals surface area contributed by atoms with Gasteiger partial charge in [-0.05, 0) is 25.7 Å². The summed E-state index contributed by atoms with van der Waals surface area (Å²) in [6, 6.07) is -0.315. The first-order chi connectivity index (χ1) is 7.56. The number of nitrogens with one attached hydrogen (secondary N) is 1. The van der Waals surface area contributed by atoms with E-state index in [0.29, 0.717) is 12.5 Å². The molecule has 1 aliphatic carbocycles. The number of amides is 2. The molecule has 4 heteroatoms. The molecule has 92 valence electrons. The van der Waals surface area contributed by atoms with Crippen molar-refractivity contribution in [2.45, 2.75) is 45.6 Å². The third-order valence-corrected chi connectivity index (χ3v) is 3.35. The van der Waals surface area contributed by atoms with E-state index in [1.165, 1.54) is 19.8 Å². The Hall–Kier alpha value is -1.06. The number of carbonyl (C=O) groups is 2. The lowest BCUT2D eigenvalue weighted by Gasteiger charge is -2.27. The van der Waals surface area contributed by atoms with Crippen molar-refractivity contribution in [3.63, 3.8) is 0 Å². The molecule has 0 aromatic rings. The van der Waals surface area contributed by atoms with Crippen molar-refractivity contribution >= 4 is 11.8 Å². The van der Waals surface area contributed by atoms with Crippen molar-refractivity contribution in [1.29, 1.82) is 0 Å². The molecule has 0 spiro atoms. The highest BCUT2D eigenvalue weighted by Gasteiger charge is 2.32. The van der Waals surface area contributed by atoms with Gasteiger partial charge in [0, 0.05) is 20.5 Å². The van der Waals surface area contributed by atoms with Gasteiger partial charge in [-0.1, -0.05) is 12.8 Å². The largest absolute Gasteiger partial charge is 0.344 e. The van der Waals surface area contributed by atoms with Crippen molar-refractivity contribution in [2.24, 2.45) is 5.92 Å². The molecule has 1 saturated carbocycles. The second kappa shape index (κ2) is 5.87. The Morgan fingerprint density at radius 1 is 1.38 bits per heavy atom. The molecule has 16 heavy (non-hydrogen) atoms. The Balaban J connectivity index is 2.69. The summed E-state index contributed by atoms with van der Waals surface area (Å²) in [4.78, 5) is 24.9. The molecular formula is C12H22N2O2. The molecule has 4 nitrogen and oxygen atoms in total. The Labute approximate surface area is 97.4 Å². The zero-order chi connectivity index (χ0) is 12.1. The van der Waals surface area contributed by atoms with Crippen molar-refractivity contribution in [3.8, 4) is 0 Å². The van der Waals surface area contributed by atoms with Crippen LogP contribution in [0.5, 0.6) is 0 Å². The number of likely N-dealkylation sites (N-methyl/N-ethyl adjacent to an activating group) is 1. The van der Waals surface area contributed by atoms with Gasteiger partial charge in [-0.2, -0.15) is 0 Å². The highest BCUT2D eigenvalue weighted by molar-refractivity contribution is 5.87. The van der Waals surface area contributed by atoms with Gasteiger partial charge in [0.2, 0.25) is 11.8 Å². The molecule has 0 aromatic carbocycles. The number of rotatable bonds is 4. The second-order valence-electron chi connectivity index (χ2n) is 4.58. The average molecular weight is 226 g/mol. The Kier molecular flexibility index (Phi) is 4.77. The zero-order valence-corrected chi connectivity index (χ0v) is 10.5. The van der Waals surface area contributed by atoms with Gasteiger partial charge in [0.1, 0.15) is 6.04 Å². The van der Waals surface area contributed by atoms with Gasteiger partial charge in [0.15, 0.2) is 0 Å². The van der Waals surface area contributed by atoms with Gasteiger partial charge in [0.25, 0.3) is 0 Å². The van der Waals surface area contributed by atoms with E-state index in [2.05, 4.69) is 5.32 Å². The molecule has 2 amide bonds. The highest BCUT2D eigenvalue weighted by Crippen LogP contribution is 2.28. The summed E-state index contributed by atoms with van der Waals surface area (Å²) in [6.07, 6.45) is 4.44. The fraction of sp³-hybridized carbons (Fsp3) is 0.833. The summed E-state index contributed by atoms with van der Waals surface area (Å²) >= 11 is 0. The molecule has 1 fully saturated rings. The zero-order valence-electron chi connectivity index (χ0n) is 10.5. The van der Waals surface area contributed by atoms with Crippen LogP contribution in [0.4, 0.5) is 0 Å². The predicted octanol–water partition coefficient (Wildman–Crippen LogP) is 1.16. The molecule has 0 bridgehead atoms. The average Bonchev–Trinajstić information content (AvgIpc) is 2.76. The van der Waals surface area contributed by atoms with E-state index in [4.69, 9.17) is 0 Å². The molecule has 1 unspecified atom stereocenters. The molecule has 1 atom stereocenters. The Morgan fingerprint density at radius 2 is 1.94 bits per heavy atom. The van der Waals surface area contributed by atoms with Crippen LogP contribution in [0.25, 0.3) is 0 Å². The monoisotopic (exact) mass is 226 g/mol. The number of nitrogens with zero attached hydrogens (tertiary/aromatic N) is 1. The van der Waals surface area contributed by atoms with Crippen LogP contribution in [-0.2, 0) is 9.59 Å². The molecule has 0 radical (unpaired) electrons. The first-order valence-electron chi connectivity index (χ1n) is 6.08. The van der Waals surface area contributed by atoms with Crippen LogP contribution in [0.3, 0.4) is 0 Å². The van der Waals surface area contributed by atoms with Crippen LogP contribution in [-0.4, -0.2) is 36.3 Å². The lowest BCUT2D eigenvalue weighted by Crippen LogP contribution is -2.50. The van der Waals surface area contributed by atoms with Crippen LogP contribution in [0.2, 0.25) is 0 Å². The number of hydrogen-bond acceptors (Lipinski definition) is 2. The van der Waals surface area contributed by atoms with E-state index in [-0.39, 0.29) is 17.9 Å². The van der Waals surface area contributed by atoms with Gasteiger partial charge in [-0.15, -0.1) is 0 Å². The smallest absolute Gasteiger partial charge is 0.245 e. The maximum Gasteiger partial charge on any atom is 0.245 e. The lowest BCUT2D eigenvalue weighted by molar-refractivity contribution is -0.136. The van der Waals surface area contributed by atoms with Gasteiger partial charge < -0.3 is 10.2 Å². The summed E-state index contributed by atoms with van der Waals surface area (Å²) in [6.45, 7) is 4.10. The maximum atomic E-state index is 12.1. The van der Waals surface area contributed by atoms with Crippen molar-refractivity contribution in [3.05, 3.63) is 0 Å². The predicted molar refractivity (Wildman–Crippen MR) is 62.9 cm³/mol. The molecule has 0 aliphatic heterocycles. The fourth-order valence-electron chi connectivity index (χ4n) is 2.28. The Morgan fingerprint density at radius 3 is 2.38 bits per heavy atom. The van der Waals surface area contributed by atoms with E-state index in [9.17, 15) is 9.59 Å². The molecule has 0 heterocycles. The SMILES string of the molecule is CCN(C)C(=O)C(NC(C)=O)C1CCCC1. The van der Waals surface area contributed by atoms with E-state index < -0.39 is 0 Å². The maximum absolute atomic E-state index is 12.1. The lowest BCUT2D eigenvalue weighted by atomic mass is 9.97. The van der Waals surface area contributed by atoms with Gasteiger partial charge >= 0.3 is 0 Å². The van der Waals surface area contributed by atoms with Gasteiger partial charge in [0.05, 0.1) is 0 Å². The minimum absolute atomic E-state index is 0.0459. The normalized spacial score (nSPS) is 18.2. The third kappa shape index (κ3) is 3.22. The summed E-state index contributed by atoms with van der Waals surface area (Å²) in [5, 5.41) is 2.81. The number of hydrogen-bond donors (Lipinski definition) is 1. The van der Waals surface area contributed by atoms with Crippen molar-refractivity contribution in [1.82, 2.24) is 10.2 Å². The molecule has 1 aliphatic rings. The standard InChI is InChI=1S/C12H22N2O2/c1-4-14(3)12(16)11(13-9(2)15)10-7-5-6-8-10/h10-11H,4-8H2,1-3H3,(H,13,15). The molecule has 0 saturated heterocycles. The van der Waals surface area contributed by atoms with Crippen LogP contribution in [0.15, 0.2) is 0 Å². The van der Waals surface area contributed by atoms with E-state index in [0.717, 1.165) is 12.8 Å². The molecule has 1 N–H and O–H groups in total. The Bertz CT molecular complexity index is 260. The number of carbonyl (C=O) groups excluding carboxylic acids is 2. The third-order valence-electron chi connectivity index (χ3n) is 3.35. The summed E-state index contributed by atoms with van der Waals surface area (Å²) in [7, 11) is 1.78. The van der Waals surface area contributed by atoms with Crippen LogP contribution in [0.1, 0.15) is 39.5 Å². The summed E-state index contributed by atoms with van der Waals surface area (Å²) in [5.41, 5.74) is 0. The van der Waals surface area contributed by atoms with Crippen LogP contribution < -0.4 is 5.32 Å². The van der Waals surface area contributed by atoms with Crippen molar-refractivity contribution in [2.75, 3.05) is 13.6 Å². The van der Waals surface area contributed by atoms with Crippen LogP contribution >= 0.6 is 0 Å². The first-order valence-corrected chi connectivity index (χ1v) is 6.08. The van der Waals surface area contributed by atoms with Gasteiger partial charge in [-0.3, -0.25) is 9.59 Å². The first kappa shape index (κ1) is 13.0. The highest BCUT2D eigenvalue weighted by atomic mass is 16.2. The molecule has 0 aromatic heterocycles. The van der Waals surface area contributed by atoms with Gasteiger partial charge in [-0.25, -0.2) is 0 Å². The van der Waals surface area contributed by atoms with Crippen LogP contribution in [0, 0.1) is 5.92 Å². The summed E-state index contributed by atoms with van der Waals surface area (Å²) < 4.78 is 0. The second-order valence-corrected chi connectivity index (χ2v) is 4.58. The topological polar surface area (TPSA) is 49.4 Å². The fourth-order valence-corrected chi connectivity index (χ4v) is 2.28. The van der Waals surface area contributed by atoms with Crippen molar-refractivity contribution < 1.29 is 9.59 Å². The molecule has 1 rings (SSSR count). The minimum atomic E-state index is -0.315.